The van der Waals surface area contributed by atoms with Crippen LogP contribution in [0.15, 0.2) is 54.6 Å². The zero-order valence-electron chi connectivity index (χ0n) is 17.5. The fourth-order valence-corrected chi connectivity index (χ4v) is 3.83. The van der Waals surface area contributed by atoms with Crippen molar-refractivity contribution in [3.63, 3.8) is 0 Å². The number of benzene rings is 3. The van der Waals surface area contributed by atoms with Crippen molar-refractivity contribution in [3.05, 3.63) is 70.7 Å². The Labute approximate surface area is 185 Å². The van der Waals surface area contributed by atoms with Gasteiger partial charge in [-0.1, -0.05) is 29.8 Å². The molecule has 4 aromatic rings. The second-order valence-corrected chi connectivity index (χ2v) is 7.65. The van der Waals surface area contributed by atoms with E-state index in [2.05, 4.69) is 15.3 Å². The summed E-state index contributed by atoms with van der Waals surface area (Å²) < 4.78 is 11.1. The molecular formula is C24H22ClN3O3. The Morgan fingerprint density at radius 3 is 2.68 bits per heavy atom. The predicted octanol–water partition coefficient (Wildman–Crippen LogP) is 5.53. The molecular weight excluding hydrogens is 414 g/mol. The second-order valence-electron chi connectivity index (χ2n) is 7.25. The number of para-hydroxylation sites is 2. The number of imidazole rings is 1. The van der Waals surface area contributed by atoms with Crippen molar-refractivity contribution in [2.75, 3.05) is 19.0 Å². The quantitative estimate of drug-likeness (QED) is 0.417. The number of fused-ring (bicyclic) bond motifs is 1. The fraction of sp³-hybridized carbons (Fsp3) is 0.167. The van der Waals surface area contributed by atoms with Gasteiger partial charge in [0, 0.05) is 5.56 Å². The van der Waals surface area contributed by atoms with Crippen LogP contribution in [0.2, 0.25) is 5.02 Å². The molecule has 0 radical (unpaired) electrons. The molecule has 0 bridgehead atoms. The molecule has 31 heavy (non-hydrogen) atoms. The largest absolute Gasteiger partial charge is 0.495 e. The molecule has 0 atom stereocenters. The van der Waals surface area contributed by atoms with Crippen LogP contribution in [-0.4, -0.2) is 29.6 Å². The van der Waals surface area contributed by atoms with Gasteiger partial charge in [0.25, 0.3) is 5.91 Å². The molecule has 0 unspecified atom stereocenters. The number of carbonyl (C=O) groups excluding carboxylic acids is 1. The van der Waals surface area contributed by atoms with E-state index in [-0.39, 0.29) is 12.5 Å². The summed E-state index contributed by atoms with van der Waals surface area (Å²) in [6.07, 6.45) is 0. The van der Waals surface area contributed by atoms with Crippen LogP contribution in [0.25, 0.3) is 22.4 Å². The SMILES string of the molecule is COc1ccc(-c2nc3ccccc3[nH]2)cc1NC(=O)COc1c(C)cc(C)cc1Cl. The average molecular weight is 436 g/mol. The van der Waals surface area contributed by atoms with Crippen LogP contribution in [0.3, 0.4) is 0 Å². The lowest BCUT2D eigenvalue weighted by atomic mass is 10.1. The maximum absolute atomic E-state index is 12.6. The number of carbonyl (C=O) groups is 1. The number of anilines is 1. The minimum Gasteiger partial charge on any atom is -0.495 e. The molecule has 0 aliphatic heterocycles. The summed E-state index contributed by atoms with van der Waals surface area (Å²) in [5.41, 5.74) is 5.08. The molecule has 6 nitrogen and oxygen atoms in total. The van der Waals surface area contributed by atoms with Gasteiger partial charge in [-0.15, -0.1) is 0 Å². The van der Waals surface area contributed by atoms with Gasteiger partial charge in [-0.25, -0.2) is 4.98 Å². The molecule has 0 aliphatic carbocycles. The number of H-pyrrole nitrogens is 1. The molecule has 1 heterocycles. The van der Waals surface area contributed by atoms with Crippen LogP contribution in [0, 0.1) is 13.8 Å². The predicted molar refractivity (Wildman–Crippen MR) is 123 cm³/mol. The molecule has 4 rings (SSSR count). The van der Waals surface area contributed by atoms with Gasteiger partial charge in [0.15, 0.2) is 6.61 Å². The number of hydrogen-bond acceptors (Lipinski definition) is 4. The van der Waals surface area contributed by atoms with Gasteiger partial charge in [0.2, 0.25) is 0 Å². The van der Waals surface area contributed by atoms with E-state index in [1.54, 1.807) is 13.2 Å². The van der Waals surface area contributed by atoms with Crippen molar-refractivity contribution < 1.29 is 14.3 Å². The van der Waals surface area contributed by atoms with Gasteiger partial charge in [-0.05, 0) is 61.4 Å². The van der Waals surface area contributed by atoms with Crippen molar-refractivity contribution in [3.8, 4) is 22.9 Å². The second kappa shape index (κ2) is 8.70. The molecule has 0 aliphatic rings. The first-order chi connectivity index (χ1) is 14.9. The number of ether oxygens (including phenoxy) is 2. The summed E-state index contributed by atoms with van der Waals surface area (Å²) in [5, 5.41) is 3.33. The summed E-state index contributed by atoms with van der Waals surface area (Å²) in [5.74, 6) is 1.43. The topological polar surface area (TPSA) is 76.2 Å². The number of rotatable bonds is 6. The number of nitrogens with zero attached hydrogens (tertiary/aromatic N) is 1. The zero-order valence-corrected chi connectivity index (χ0v) is 18.2. The third kappa shape index (κ3) is 4.49. The van der Waals surface area contributed by atoms with Crippen molar-refractivity contribution in [1.29, 1.82) is 0 Å². The molecule has 1 aromatic heterocycles. The summed E-state index contributed by atoms with van der Waals surface area (Å²) in [6.45, 7) is 3.67. The minimum atomic E-state index is -0.323. The van der Waals surface area contributed by atoms with Crippen LogP contribution < -0.4 is 14.8 Å². The number of amides is 1. The number of hydrogen-bond donors (Lipinski definition) is 2. The third-order valence-corrected chi connectivity index (χ3v) is 5.14. The number of aromatic amines is 1. The van der Waals surface area contributed by atoms with E-state index < -0.39 is 0 Å². The number of aromatic nitrogens is 2. The molecule has 0 saturated heterocycles. The Balaban J connectivity index is 1.53. The third-order valence-electron chi connectivity index (χ3n) is 4.86. The highest BCUT2D eigenvalue weighted by Gasteiger charge is 2.14. The van der Waals surface area contributed by atoms with E-state index in [0.717, 1.165) is 27.7 Å². The molecule has 3 aromatic carbocycles. The van der Waals surface area contributed by atoms with Crippen LogP contribution >= 0.6 is 11.6 Å². The van der Waals surface area contributed by atoms with Crippen LogP contribution in [0.4, 0.5) is 5.69 Å². The lowest BCUT2D eigenvalue weighted by molar-refractivity contribution is -0.118. The number of nitrogens with one attached hydrogen (secondary N) is 2. The highest BCUT2D eigenvalue weighted by Crippen LogP contribution is 2.32. The molecule has 2 N–H and O–H groups in total. The Hall–Kier alpha value is -3.51. The Morgan fingerprint density at radius 1 is 1.13 bits per heavy atom. The van der Waals surface area contributed by atoms with E-state index in [1.807, 2.05) is 62.4 Å². The summed E-state index contributed by atoms with van der Waals surface area (Å²) in [7, 11) is 1.55. The van der Waals surface area contributed by atoms with E-state index >= 15 is 0 Å². The lowest BCUT2D eigenvalue weighted by Gasteiger charge is -2.14. The average Bonchev–Trinajstić information content (AvgIpc) is 3.17. The first-order valence-corrected chi connectivity index (χ1v) is 10.1. The first kappa shape index (κ1) is 20.8. The summed E-state index contributed by atoms with van der Waals surface area (Å²) in [6, 6.07) is 17.1. The van der Waals surface area contributed by atoms with Gasteiger partial charge in [0.05, 0.1) is 28.9 Å². The summed E-state index contributed by atoms with van der Waals surface area (Å²) >= 11 is 6.26. The van der Waals surface area contributed by atoms with Gasteiger partial charge in [-0.3, -0.25) is 4.79 Å². The maximum atomic E-state index is 12.6. The molecule has 1 amide bonds. The van der Waals surface area contributed by atoms with Crippen LogP contribution in [-0.2, 0) is 4.79 Å². The monoisotopic (exact) mass is 435 g/mol. The Bertz CT molecular complexity index is 1210. The number of methoxy groups -OCH3 is 1. The van der Waals surface area contributed by atoms with Crippen LogP contribution in [0.1, 0.15) is 11.1 Å². The molecule has 0 spiro atoms. The first-order valence-electron chi connectivity index (χ1n) is 9.77. The number of aryl methyl sites for hydroxylation is 2. The maximum Gasteiger partial charge on any atom is 0.262 e. The standard InChI is InChI=1S/C24H22ClN3O3/c1-14-10-15(2)23(17(25)11-14)31-13-22(29)26-20-12-16(8-9-21(20)30-3)24-27-18-6-4-5-7-19(18)28-24/h4-12H,13H2,1-3H3,(H,26,29)(H,27,28). The van der Waals surface area contributed by atoms with E-state index in [9.17, 15) is 4.79 Å². The normalized spacial score (nSPS) is 10.8. The highest BCUT2D eigenvalue weighted by atomic mass is 35.5. The highest BCUT2D eigenvalue weighted by molar-refractivity contribution is 6.32. The smallest absolute Gasteiger partial charge is 0.262 e. The minimum absolute atomic E-state index is 0.179. The van der Waals surface area contributed by atoms with E-state index in [4.69, 9.17) is 21.1 Å². The zero-order chi connectivity index (χ0) is 22.0. The van der Waals surface area contributed by atoms with Crippen molar-refractivity contribution in [2.45, 2.75) is 13.8 Å². The van der Waals surface area contributed by atoms with Gasteiger partial charge >= 0.3 is 0 Å². The lowest BCUT2D eigenvalue weighted by Crippen LogP contribution is -2.21. The molecule has 158 valence electrons. The molecule has 7 heteroatoms. The molecule has 0 saturated carbocycles. The van der Waals surface area contributed by atoms with Crippen molar-refractivity contribution in [2.24, 2.45) is 0 Å². The Kier molecular flexibility index (Phi) is 5.82. The van der Waals surface area contributed by atoms with Crippen LogP contribution in [0.5, 0.6) is 11.5 Å². The van der Waals surface area contributed by atoms with Gasteiger partial charge in [-0.2, -0.15) is 0 Å². The molecule has 0 fully saturated rings. The number of halogens is 1. The Morgan fingerprint density at radius 2 is 1.94 bits per heavy atom. The van der Waals surface area contributed by atoms with E-state index in [0.29, 0.717) is 28.0 Å². The van der Waals surface area contributed by atoms with Gasteiger partial charge < -0.3 is 19.8 Å². The fourth-order valence-electron chi connectivity index (χ4n) is 3.45. The van der Waals surface area contributed by atoms with Crippen molar-refractivity contribution >= 4 is 34.2 Å². The van der Waals surface area contributed by atoms with Gasteiger partial charge in [0.1, 0.15) is 17.3 Å². The van der Waals surface area contributed by atoms with E-state index in [1.165, 1.54) is 0 Å². The van der Waals surface area contributed by atoms with Crippen molar-refractivity contribution in [1.82, 2.24) is 9.97 Å². The summed E-state index contributed by atoms with van der Waals surface area (Å²) in [4.78, 5) is 20.5.